The van der Waals surface area contributed by atoms with Gasteiger partial charge in [-0.25, -0.2) is 9.97 Å². The van der Waals surface area contributed by atoms with E-state index in [1.54, 1.807) is 6.33 Å². The summed E-state index contributed by atoms with van der Waals surface area (Å²) in [6, 6.07) is 10.8. The Labute approximate surface area is 168 Å². The van der Waals surface area contributed by atoms with E-state index in [0.29, 0.717) is 11.8 Å². The monoisotopic (exact) mass is 368 g/mol. The first-order chi connectivity index (χ1) is 13.7. The lowest BCUT2D eigenvalue weighted by atomic mass is 9.82. The van der Waals surface area contributed by atoms with Crippen LogP contribution in [0.4, 0.5) is 0 Å². The zero-order chi connectivity index (χ0) is 19.5. The molecule has 1 aromatic carbocycles. The highest BCUT2D eigenvalue weighted by molar-refractivity contribution is 5.85. The molecule has 2 aromatic rings. The van der Waals surface area contributed by atoms with E-state index >= 15 is 0 Å². The van der Waals surface area contributed by atoms with Gasteiger partial charge in [-0.3, -0.25) is 0 Å². The Bertz CT molecular complexity index is 991. The van der Waals surface area contributed by atoms with Gasteiger partial charge in [0, 0.05) is 0 Å². The number of rotatable bonds is 4. The average molecular weight is 369 g/mol. The lowest BCUT2D eigenvalue weighted by molar-refractivity contribution is 0.705. The van der Waals surface area contributed by atoms with Crippen LogP contribution in [0.2, 0.25) is 0 Å². The van der Waals surface area contributed by atoms with E-state index in [0.717, 1.165) is 30.7 Å². The molecule has 142 valence electrons. The fraction of sp³-hybridized carbons (Fsp3) is 0.308. The summed E-state index contributed by atoms with van der Waals surface area (Å²) in [4.78, 5) is 9.22. The Hall–Kier alpha value is -2.74. The average Bonchev–Trinajstić information content (AvgIpc) is 2.73. The molecule has 0 saturated heterocycles. The van der Waals surface area contributed by atoms with Crippen LogP contribution in [0.15, 0.2) is 66.5 Å². The SMILES string of the molecule is CC/C=C\C1=CC(c2cc(C3=Cc4ccccc4C[C@@H]3C)ncn2)=CCC1C. The largest absolute Gasteiger partial charge is 0.237 e. The van der Waals surface area contributed by atoms with Crippen molar-refractivity contribution in [3.8, 4) is 0 Å². The Morgan fingerprint density at radius 1 is 1.04 bits per heavy atom. The van der Waals surface area contributed by atoms with Gasteiger partial charge in [-0.05, 0) is 77.2 Å². The summed E-state index contributed by atoms with van der Waals surface area (Å²) >= 11 is 0. The van der Waals surface area contributed by atoms with Crippen LogP contribution in [0, 0.1) is 11.8 Å². The highest BCUT2D eigenvalue weighted by Gasteiger charge is 2.21. The molecule has 1 heterocycles. The van der Waals surface area contributed by atoms with Crippen molar-refractivity contribution in [2.24, 2.45) is 11.8 Å². The van der Waals surface area contributed by atoms with Gasteiger partial charge in [0.1, 0.15) is 6.33 Å². The molecular weight excluding hydrogens is 340 g/mol. The number of fused-ring (bicyclic) bond motifs is 1. The first-order valence-electron chi connectivity index (χ1n) is 10.4. The van der Waals surface area contributed by atoms with Crippen LogP contribution in [-0.4, -0.2) is 9.97 Å². The minimum Gasteiger partial charge on any atom is -0.237 e. The van der Waals surface area contributed by atoms with E-state index < -0.39 is 0 Å². The number of allylic oxidation sites excluding steroid dienone is 7. The molecule has 0 fully saturated rings. The van der Waals surface area contributed by atoms with Gasteiger partial charge < -0.3 is 0 Å². The molecule has 2 nitrogen and oxygen atoms in total. The van der Waals surface area contributed by atoms with Gasteiger partial charge in [-0.1, -0.05) is 63.3 Å². The van der Waals surface area contributed by atoms with E-state index in [4.69, 9.17) is 0 Å². The minimum atomic E-state index is 0.455. The molecule has 0 amide bonds. The van der Waals surface area contributed by atoms with Crippen LogP contribution in [0.25, 0.3) is 17.2 Å². The fourth-order valence-electron chi connectivity index (χ4n) is 4.08. The normalized spacial score (nSPS) is 21.8. The molecule has 0 aliphatic heterocycles. The predicted molar refractivity (Wildman–Crippen MR) is 118 cm³/mol. The highest BCUT2D eigenvalue weighted by Crippen LogP contribution is 2.35. The van der Waals surface area contributed by atoms with Gasteiger partial charge >= 0.3 is 0 Å². The Balaban J connectivity index is 1.69. The molecule has 1 aromatic heterocycles. The maximum Gasteiger partial charge on any atom is 0.116 e. The number of hydrogen-bond acceptors (Lipinski definition) is 2. The molecule has 2 aliphatic carbocycles. The van der Waals surface area contributed by atoms with Gasteiger partial charge in [-0.2, -0.15) is 0 Å². The standard InChI is InChI=1S/C26H28N2/c1-4-5-8-20-14-23(12-11-18(20)2)25-16-26(28-17-27-25)24-15-22-10-7-6-9-21(22)13-19(24)3/h5-10,12,14-19H,4,11,13H2,1-3H3/b8-5-/t18?,19-/m0/s1. The predicted octanol–water partition coefficient (Wildman–Crippen LogP) is 6.53. The second-order valence-electron chi connectivity index (χ2n) is 7.94. The smallest absolute Gasteiger partial charge is 0.116 e. The van der Waals surface area contributed by atoms with Crippen molar-refractivity contribution < 1.29 is 0 Å². The zero-order valence-electron chi connectivity index (χ0n) is 17.0. The molecule has 0 bridgehead atoms. The van der Waals surface area contributed by atoms with Gasteiger partial charge in [0.05, 0.1) is 11.4 Å². The molecule has 1 unspecified atom stereocenters. The molecule has 0 radical (unpaired) electrons. The van der Waals surface area contributed by atoms with Crippen LogP contribution >= 0.6 is 0 Å². The van der Waals surface area contributed by atoms with Crippen LogP contribution in [0.1, 0.15) is 56.1 Å². The van der Waals surface area contributed by atoms with E-state index in [9.17, 15) is 0 Å². The van der Waals surface area contributed by atoms with Crippen molar-refractivity contribution in [1.82, 2.24) is 9.97 Å². The Kier molecular flexibility index (Phi) is 5.38. The van der Waals surface area contributed by atoms with Crippen LogP contribution in [0.3, 0.4) is 0 Å². The molecule has 0 N–H and O–H groups in total. The zero-order valence-corrected chi connectivity index (χ0v) is 17.0. The summed E-state index contributed by atoms with van der Waals surface area (Å²) in [5.41, 5.74) is 8.71. The molecule has 4 rings (SSSR count). The van der Waals surface area contributed by atoms with Crippen LogP contribution in [0.5, 0.6) is 0 Å². The third kappa shape index (κ3) is 3.77. The topological polar surface area (TPSA) is 25.8 Å². The summed E-state index contributed by atoms with van der Waals surface area (Å²) in [5, 5.41) is 0. The quantitative estimate of drug-likeness (QED) is 0.613. The number of benzene rings is 1. The number of hydrogen-bond donors (Lipinski definition) is 0. The van der Waals surface area contributed by atoms with Crippen molar-refractivity contribution in [1.29, 1.82) is 0 Å². The van der Waals surface area contributed by atoms with Crippen LogP contribution in [-0.2, 0) is 6.42 Å². The van der Waals surface area contributed by atoms with Gasteiger partial charge in [0.15, 0.2) is 0 Å². The van der Waals surface area contributed by atoms with E-state index in [1.165, 1.54) is 27.8 Å². The molecule has 0 spiro atoms. The summed E-state index contributed by atoms with van der Waals surface area (Å²) in [6.45, 7) is 6.75. The lowest BCUT2D eigenvalue weighted by Gasteiger charge is -2.23. The number of nitrogens with zero attached hydrogens (tertiary/aromatic N) is 2. The van der Waals surface area contributed by atoms with Crippen LogP contribution < -0.4 is 0 Å². The molecule has 28 heavy (non-hydrogen) atoms. The lowest BCUT2D eigenvalue weighted by Crippen LogP contribution is -2.11. The van der Waals surface area contributed by atoms with E-state index in [2.05, 4.69) is 91.5 Å². The maximum absolute atomic E-state index is 4.62. The summed E-state index contributed by atoms with van der Waals surface area (Å²) in [6.07, 6.45) is 16.3. The van der Waals surface area contributed by atoms with Crippen molar-refractivity contribution in [3.05, 3.63) is 89.1 Å². The van der Waals surface area contributed by atoms with Gasteiger partial charge in [-0.15, -0.1) is 0 Å². The second kappa shape index (κ2) is 8.10. The van der Waals surface area contributed by atoms with Crippen molar-refractivity contribution in [2.45, 2.75) is 40.0 Å². The fourth-order valence-corrected chi connectivity index (χ4v) is 4.08. The third-order valence-corrected chi connectivity index (χ3v) is 5.81. The Morgan fingerprint density at radius 3 is 2.71 bits per heavy atom. The van der Waals surface area contributed by atoms with Gasteiger partial charge in [0.2, 0.25) is 0 Å². The summed E-state index contributed by atoms with van der Waals surface area (Å²) < 4.78 is 0. The first kappa shape index (κ1) is 18.6. The highest BCUT2D eigenvalue weighted by atomic mass is 14.8. The summed E-state index contributed by atoms with van der Waals surface area (Å²) in [7, 11) is 0. The number of aromatic nitrogens is 2. The van der Waals surface area contributed by atoms with Gasteiger partial charge in [0.25, 0.3) is 0 Å². The Morgan fingerprint density at radius 2 is 1.86 bits per heavy atom. The molecule has 2 heteroatoms. The molecular formula is C26H28N2. The van der Waals surface area contributed by atoms with Crippen molar-refractivity contribution in [2.75, 3.05) is 0 Å². The third-order valence-electron chi connectivity index (χ3n) is 5.81. The summed E-state index contributed by atoms with van der Waals surface area (Å²) in [5.74, 6) is 1.02. The maximum atomic E-state index is 4.62. The first-order valence-corrected chi connectivity index (χ1v) is 10.4. The molecule has 0 saturated carbocycles. The van der Waals surface area contributed by atoms with Crippen molar-refractivity contribution >= 4 is 17.2 Å². The second-order valence-corrected chi connectivity index (χ2v) is 7.94. The van der Waals surface area contributed by atoms with E-state index in [1.807, 2.05) is 0 Å². The molecule has 2 aliphatic rings. The van der Waals surface area contributed by atoms with E-state index in [-0.39, 0.29) is 0 Å². The minimum absolute atomic E-state index is 0.455. The van der Waals surface area contributed by atoms with Crippen molar-refractivity contribution in [3.63, 3.8) is 0 Å². The molecule has 2 atom stereocenters.